The quantitative estimate of drug-likeness (QED) is 0.385. The Morgan fingerprint density at radius 3 is 2.50 bits per heavy atom. The Bertz CT molecular complexity index is 1230. The molecule has 3 amide bonds. The van der Waals surface area contributed by atoms with E-state index < -0.39 is 24.0 Å². The molecule has 0 aliphatic rings. The van der Waals surface area contributed by atoms with E-state index in [0.29, 0.717) is 16.4 Å². The summed E-state index contributed by atoms with van der Waals surface area (Å²) in [7, 11) is 0. The molecule has 2 heterocycles. The van der Waals surface area contributed by atoms with Crippen molar-refractivity contribution in [1.82, 2.24) is 10.3 Å². The van der Waals surface area contributed by atoms with Crippen molar-refractivity contribution in [3.63, 3.8) is 0 Å². The largest absolute Gasteiger partial charge is 0.441 e. The third-order valence-electron chi connectivity index (χ3n) is 4.63. The highest BCUT2D eigenvalue weighted by molar-refractivity contribution is 7.20. The van der Waals surface area contributed by atoms with Crippen molar-refractivity contribution in [3.8, 4) is 0 Å². The number of benzene rings is 2. The van der Waals surface area contributed by atoms with E-state index in [1.165, 1.54) is 28.7 Å². The summed E-state index contributed by atoms with van der Waals surface area (Å²) in [4.78, 5) is 41.9. The molecule has 0 bridgehead atoms. The minimum Gasteiger partial charge on any atom is -0.441 e. The van der Waals surface area contributed by atoms with Gasteiger partial charge >= 0.3 is 6.09 Å². The van der Waals surface area contributed by atoms with E-state index in [4.69, 9.17) is 4.74 Å². The Morgan fingerprint density at radius 1 is 1.00 bits per heavy atom. The molecule has 1 atom stereocenters. The van der Waals surface area contributed by atoms with Crippen LogP contribution in [-0.4, -0.2) is 22.9 Å². The maximum atomic E-state index is 12.6. The van der Waals surface area contributed by atoms with Gasteiger partial charge in [0.2, 0.25) is 0 Å². The molecule has 0 aliphatic heterocycles. The van der Waals surface area contributed by atoms with Crippen LogP contribution in [0.2, 0.25) is 0 Å². The van der Waals surface area contributed by atoms with Gasteiger partial charge in [-0.1, -0.05) is 49.4 Å². The molecule has 4 rings (SSSR count). The molecule has 0 spiro atoms. The highest BCUT2D eigenvalue weighted by atomic mass is 32.1. The van der Waals surface area contributed by atoms with Crippen molar-refractivity contribution in [2.45, 2.75) is 19.4 Å². The minimum atomic E-state index is -0.847. The summed E-state index contributed by atoms with van der Waals surface area (Å²) in [6.07, 6.45) is -0.752. The predicted molar refractivity (Wildman–Crippen MR) is 125 cm³/mol. The number of aromatic nitrogens is 1. The number of thiazole rings is 1. The molecule has 7 nitrogen and oxygen atoms in total. The molecule has 9 heteroatoms. The number of thiophene rings is 1. The summed E-state index contributed by atoms with van der Waals surface area (Å²) in [5, 5.41) is 7.23. The van der Waals surface area contributed by atoms with Crippen LogP contribution in [-0.2, 0) is 4.74 Å². The van der Waals surface area contributed by atoms with Crippen LogP contribution in [0.25, 0.3) is 10.2 Å². The smallest absolute Gasteiger partial charge is 0.414 e. The van der Waals surface area contributed by atoms with Gasteiger partial charge in [0.25, 0.3) is 11.8 Å². The molecule has 4 aromatic rings. The highest BCUT2D eigenvalue weighted by Gasteiger charge is 2.22. The van der Waals surface area contributed by atoms with E-state index in [-0.39, 0.29) is 5.56 Å². The van der Waals surface area contributed by atoms with Crippen LogP contribution in [0.5, 0.6) is 0 Å². The Kier molecular flexibility index (Phi) is 6.58. The number of rotatable bonds is 6. The lowest BCUT2D eigenvalue weighted by atomic mass is 10.1. The highest BCUT2D eigenvalue weighted by Crippen LogP contribution is 2.27. The van der Waals surface area contributed by atoms with Crippen molar-refractivity contribution < 1.29 is 19.1 Å². The SMILES string of the molecule is CCC(OC(=O)NC(=O)c1ccsc1NC(=O)c1nc2ccccc2s1)c1ccccc1. The number of para-hydroxylation sites is 1. The zero-order chi connectivity index (χ0) is 22.5. The molecule has 32 heavy (non-hydrogen) atoms. The van der Waals surface area contributed by atoms with Crippen LogP contribution >= 0.6 is 22.7 Å². The Labute approximate surface area is 192 Å². The fraction of sp³-hybridized carbons (Fsp3) is 0.130. The Hall–Kier alpha value is -3.56. The number of hydrogen-bond acceptors (Lipinski definition) is 7. The first-order valence-corrected chi connectivity index (χ1v) is 11.6. The van der Waals surface area contributed by atoms with Gasteiger partial charge < -0.3 is 10.1 Å². The number of fused-ring (bicyclic) bond motifs is 1. The van der Waals surface area contributed by atoms with Gasteiger partial charge in [-0.2, -0.15) is 0 Å². The first-order valence-electron chi connectivity index (χ1n) is 9.86. The Morgan fingerprint density at radius 2 is 1.75 bits per heavy atom. The van der Waals surface area contributed by atoms with Crippen molar-refractivity contribution in [2.24, 2.45) is 0 Å². The maximum Gasteiger partial charge on any atom is 0.414 e. The number of ether oxygens (including phenoxy) is 1. The molecule has 0 aliphatic carbocycles. The molecule has 1 unspecified atom stereocenters. The van der Waals surface area contributed by atoms with Crippen LogP contribution in [0.1, 0.15) is 45.2 Å². The van der Waals surface area contributed by atoms with Gasteiger partial charge in [-0.05, 0) is 35.6 Å². The van der Waals surface area contributed by atoms with E-state index in [2.05, 4.69) is 15.6 Å². The van der Waals surface area contributed by atoms with Gasteiger partial charge in [-0.15, -0.1) is 22.7 Å². The second-order valence-electron chi connectivity index (χ2n) is 6.77. The normalized spacial score (nSPS) is 11.7. The predicted octanol–water partition coefficient (Wildman–Crippen LogP) is 5.63. The number of alkyl carbamates (subject to hydrolysis) is 1. The summed E-state index contributed by atoms with van der Waals surface area (Å²) in [5.41, 5.74) is 1.75. The molecule has 2 N–H and O–H groups in total. The second-order valence-corrected chi connectivity index (χ2v) is 8.72. The molecule has 0 radical (unpaired) electrons. The summed E-state index contributed by atoms with van der Waals surface area (Å²) in [5.74, 6) is -1.07. The van der Waals surface area contributed by atoms with E-state index in [9.17, 15) is 14.4 Å². The number of hydrogen-bond donors (Lipinski definition) is 2. The number of carbonyl (C=O) groups excluding carboxylic acids is 3. The van der Waals surface area contributed by atoms with Gasteiger partial charge in [0.05, 0.1) is 15.8 Å². The number of imide groups is 1. The zero-order valence-corrected chi connectivity index (χ0v) is 18.7. The fourth-order valence-corrected chi connectivity index (χ4v) is 4.72. The first kappa shape index (κ1) is 21.7. The fourth-order valence-electron chi connectivity index (χ4n) is 3.08. The second kappa shape index (κ2) is 9.71. The molecule has 0 fully saturated rings. The van der Waals surface area contributed by atoms with Gasteiger partial charge in [-0.3, -0.25) is 14.9 Å². The van der Waals surface area contributed by atoms with Gasteiger partial charge in [-0.25, -0.2) is 9.78 Å². The first-order chi connectivity index (χ1) is 15.5. The molecule has 0 saturated carbocycles. The zero-order valence-electron chi connectivity index (χ0n) is 17.0. The van der Waals surface area contributed by atoms with Crippen LogP contribution in [0.3, 0.4) is 0 Å². The standard InChI is InChI=1S/C23H19N3O4S2/c1-2-17(14-8-4-3-5-9-14)30-23(29)26-19(27)15-12-13-31-21(15)25-20(28)22-24-16-10-6-7-11-18(16)32-22/h3-13,17H,2H2,1H3,(H,25,28)(H,26,27,29). The molecular weight excluding hydrogens is 446 g/mol. The van der Waals surface area contributed by atoms with Crippen LogP contribution < -0.4 is 10.6 Å². The van der Waals surface area contributed by atoms with E-state index >= 15 is 0 Å². The molecule has 2 aromatic carbocycles. The Balaban J connectivity index is 1.41. The van der Waals surface area contributed by atoms with Crippen molar-refractivity contribution >= 4 is 55.8 Å². The number of carbonyl (C=O) groups is 3. The lowest BCUT2D eigenvalue weighted by Crippen LogP contribution is -2.32. The van der Waals surface area contributed by atoms with Crippen LogP contribution in [0.4, 0.5) is 9.80 Å². The third-order valence-corrected chi connectivity index (χ3v) is 6.50. The number of nitrogens with zero attached hydrogens (tertiary/aromatic N) is 1. The van der Waals surface area contributed by atoms with Crippen molar-refractivity contribution in [3.05, 3.63) is 82.2 Å². The van der Waals surface area contributed by atoms with E-state index in [1.54, 1.807) is 5.38 Å². The number of amides is 3. The number of nitrogens with one attached hydrogen (secondary N) is 2. The minimum absolute atomic E-state index is 0.175. The van der Waals surface area contributed by atoms with E-state index in [0.717, 1.165) is 15.8 Å². The van der Waals surface area contributed by atoms with Gasteiger partial charge in [0.1, 0.15) is 11.1 Å². The summed E-state index contributed by atoms with van der Waals surface area (Å²) in [6.45, 7) is 1.89. The van der Waals surface area contributed by atoms with Crippen LogP contribution in [0, 0.1) is 0 Å². The molecular formula is C23H19N3O4S2. The van der Waals surface area contributed by atoms with Gasteiger partial charge in [0, 0.05) is 0 Å². The summed E-state index contributed by atoms with van der Waals surface area (Å²) < 4.78 is 6.31. The third kappa shape index (κ3) is 4.84. The number of anilines is 1. The molecule has 2 aromatic heterocycles. The monoisotopic (exact) mass is 465 g/mol. The average Bonchev–Trinajstić information content (AvgIpc) is 3.45. The summed E-state index contributed by atoms with van der Waals surface area (Å²) in [6, 6.07) is 18.3. The maximum absolute atomic E-state index is 12.6. The summed E-state index contributed by atoms with van der Waals surface area (Å²) >= 11 is 2.45. The van der Waals surface area contributed by atoms with Crippen molar-refractivity contribution in [2.75, 3.05) is 5.32 Å². The molecule has 162 valence electrons. The van der Waals surface area contributed by atoms with Crippen LogP contribution in [0.15, 0.2) is 66.0 Å². The topological polar surface area (TPSA) is 97.4 Å². The van der Waals surface area contributed by atoms with Crippen molar-refractivity contribution in [1.29, 1.82) is 0 Å². The lowest BCUT2D eigenvalue weighted by Gasteiger charge is -2.16. The average molecular weight is 466 g/mol. The molecule has 0 saturated heterocycles. The lowest BCUT2D eigenvalue weighted by molar-refractivity contribution is 0.0809. The van der Waals surface area contributed by atoms with E-state index in [1.807, 2.05) is 61.5 Å². The van der Waals surface area contributed by atoms with Gasteiger partial charge in [0.15, 0.2) is 5.01 Å².